The van der Waals surface area contributed by atoms with E-state index >= 15 is 0 Å². The van der Waals surface area contributed by atoms with Crippen molar-refractivity contribution in [2.75, 3.05) is 13.1 Å². The second kappa shape index (κ2) is 5.55. The minimum Gasteiger partial charge on any atom is -0.335 e. The van der Waals surface area contributed by atoms with Gasteiger partial charge in [-0.1, -0.05) is 26.2 Å². The van der Waals surface area contributed by atoms with Crippen molar-refractivity contribution in [2.45, 2.75) is 57.9 Å². The molecule has 0 aromatic heterocycles. The molecule has 0 unspecified atom stereocenters. The van der Waals surface area contributed by atoms with Crippen LogP contribution in [0.15, 0.2) is 0 Å². The van der Waals surface area contributed by atoms with E-state index in [4.69, 9.17) is 0 Å². The van der Waals surface area contributed by atoms with E-state index in [9.17, 15) is 4.79 Å². The molecular formula is C13H24N2O. The van der Waals surface area contributed by atoms with Crippen molar-refractivity contribution < 1.29 is 4.79 Å². The third kappa shape index (κ3) is 3.13. The van der Waals surface area contributed by atoms with E-state index in [2.05, 4.69) is 12.2 Å². The highest BCUT2D eigenvalue weighted by Gasteiger charge is 2.22. The molecule has 3 heteroatoms. The van der Waals surface area contributed by atoms with Crippen LogP contribution >= 0.6 is 0 Å². The number of amides is 2. The maximum absolute atomic E-state index is 12.0. The molecule has 0 bridgehead atoms. The predicted octanol–water partition coefficient (Wildman–Crippen LogP) is 2.76. The number of rotatable bonds is 1. The van der Waals surface area contributed by atoms with Crippen molar-refractivity contribution in [3.8, 4) is 0 Å². The molecule has 2 aliphatic rings. The largest absolute Gasteiger partial charge is 0.335 e. The maximum Gasteiger partial charge on any atom is 0.317 e. The summed E-state index contributed by atoms with van der Waals surface area (Å²) in [6.45, 7) is 4.16. The fourth-order valence-electron chi connectivity index (χ4n) is 2.72. The van der Waals surface area contributed by atoms with Crippen LogP contribution < -0.4 is 5.32 Å². The number of likely N-dealkylation sites (tertiary alicyclic amines) is 1. The van der Waals surface area contributed by atoms with Gasteiger partial charge in [-0.15, -0.1) is 0 Å². The summed E-state index contributed by atoms with van der Waals surface area (Å²) >= 11 is 0. The van der Waals surface area contributed by atoms with Crippen LogP contribution in [0.4, 0.5) is 4.79 Å². The molecule has 92 valence electrons. The van der Waals surface area contributed by atoms with Gasteiger partial charge in [0.2, 0.25) is 0 Å². The smallest absolute Gasteiger partial charge is 0.317 e. The lowest BCUT2D eigenvalue weighted by Gasteiger charge is -2.32. The van der Waals surface area contributed by atoms with Crippen molar-refractivity contribution in [1.29, 1.82) is 0 Å². The Balaban J connectivity index is 1.74. The Labute approximate surface area is 98.6 Å². The molecule has 1 N–H and O–H groups in total. The van der Waals surface area contributed by atoms with Gasteiger partial charge in [0.15, 0.2) is 0 Å². The van der Waals surface area contributed by atoms with Gasteiger partial charge in [-0.25, -0.2) is 4.79 Å². The van der Waals surface area contributed by atoms with E-state index in [1.165, 1.54) is 32.1 Å². The van der Waals surface area contributed by atoms with E-state index in [1.54, 1.807) is 0 Å². The lowest BCUT2D eigenvalue weighted by molar-refractivity contribution is 0.167. The quantitative estimate of drug-likeness (QED) is 0.730. The molecular weight excluding hydrogens is 200 g/mol. The Bertz CT molecular complexity index is 228. The molecule has 0 spiro atoms. The van der Waals surface area contributed by atoms with E-state index in [0.717, 1.165) is 31.8 Å². The molecule has 1 aliphatic heterocycles. The number of hydrogen-bond donors (Lipinski definition) is 1. The summed E-state index contributed by atoms with van der Waals surface area (Å²) in [5, 5.41) is 3.19. The highest BCUT2D eigenvalue weighted by molar-refractivity contribution is 5.74. The molecule has 1 saturated heterocycles. The first-order valence-electron chi connectivity index (χ1n) is 6.81. The summed E-state index contributed by atoms with van der Waals surface area (Å²) in [6, 6.07) is 0.624. The van der Waals surface area contributed by atoms with Gasteiger partial charge < -0.3 is 10.2 Å². The fraction of sp³-hybridized carbons (Fsp3) is 0.923. The molecule has 2 rings (SSSR count). The number of piperidine rings is 1. The van der Waals surface area contributed by atoms with Gasteiger partial charge in [0.25, 0.3) is 0 Å². The summed E-state index contributed by atoms with van der Waals surface area (Å²) in [5.74, 6) is 0.790. The van der Waals surface area contributed by atoms with Crippen LogP contribution in [0.1, 0.15) is 51.9 Å². The Morgan fingerprint density at radius 2 is 1.69 bits per heavy atom. The third-order valence-electron chi connectivity index (χ3n) is 4.00. The molecule has 3 nitrogen and oxygen atoms in total. The normalized spacial score (nSPS) is 24.4. The summed E-state index contributed by atoms with van der Waals surface area (Å²) in [5.41, 5.74) is 0. The van der Waals surface area contributed by atoms with Crippen LogP contribution in [0.25, 0.3) is 0 Å². The molecule has 2 fully saturated rings. The molecule has 1 heterocycles. The van der Waals surface area contributed by atoms with Crippen LogP contribution in [0.2, 0.25) is 0 Å². The molecule has 2 amide bonds. The van der Waals surface area contributed by atoms with Crippen molar-refractivity contribution in [1.82, 2.24) is 10.2 Å². The number of carbonyl (C=O) groups is 1. The molecule has 0 aromatic carbocycles. The number of nitrogens with one attached hydrogen (secondary N) is 1. The van der Waals surface area contributed by atoms with Gasteiger partial charge in [-0.05, 0) is 31.6 Å². The lowest BCUT2D eigenvalue weighted by atomic mass is 9.95. The van der Waals surface area contributed by atoms with Crippen LogP contribution in [-0.4, -0.2) is 30.1 Å². The van der Waals surface area contributed by atoms with Crippen LogP contribution in [0.3, 0.4) is 0 Å². The summed E-state index contributed by atoms with van der Waals surface area (Å²) in [7, 11) is 0. The number of carbonyl (C=O) groups excluding carboxylic acids is 1. The second-order valence-electron chi connectivity index (χ2n) is 5.45. The average molecular weight is 224 g/mol. The SMILES string of the molecule is CC1CCN(C(=O)NC2CCCCC2)CC1. The van der Waals surface area contributed by atoms with Gasteiger partial charge in [0.1, 0.15) is 0 Å². The molecule has 0 aromatic rings. The van der Waals surface area contributed by atoms with E-state index in [1.807, 2.05) is 4.90 Å². The Morgan fingerprint density at radius 1 is 1.06 bits per heavy atom. The highest BCUT2D eigenvalue weighted by atomic mass is 16.2. The van der Waals surface area contributed by atoms with Gasteiger partial charge in [0, 0.05) is 19.1 Å². The zero-order valence-electron chi connectivity index (χ0n) is 10.4. The molecule has 16 heavy (non-hydrogen) atoms. The maximum atomic E-state index is 12.0. The molecule has 1 aliphatic carbocycles. The van der Waals surface area contributed by atoms with Crippen molar-refractivity contribution in [2.24, 2.45) is 5.92 Å². The zero-order chi connectivity index (χ0) is 11.4. The Hall–Kier alpha value is -0.730. The van der Waals surface area contributed by atoms with E-state index < -0.39 is 0 Å². The topological polar surface area (TPSA) is 32.3 Å². The van der Waals surface area contributed by atoms with Gasteiger partial charge in [-0.2, -0.15) is 0 Å². The average Bonchev–Trinajstić information content (AvgIpc) is 2.31. The van der Waals surface area contributed by atoms with Gasteiger partial charge >= 0.3 is 6.03 Å². The van der Waals surface area contributed by atoms with Crippen LogP contribution in [0.5, 0.6) is 0 Å². The molecule has 0 atom stereocenters. The lowest BCUT2D eigenvalue weighted by Crippen LogP contribution is -2.48. The molecule has 1 saturated carbocycles. The minimum absolute atomic E-state index is 0.179. The second-order valence-corrected chi connectivity index (χ2v) is 5.45. The van der Waals surface area contributed by atoms with Gasteiger partial charge in [-0.3, -0.25) is 0 Å². The van der Waals surface area contributed by atoms with Crippen molar-refractivity contribution in [3.63, 3.8) is 0 Å². The Kier molecular flexibility index (Phi) is 4.08. The summed E-state index contributed by atoms with van der Waals surface area (Å²) in [4.78, 5) is 14.0. The number of hydrogen-bond acceptors (Lipinski definition) is 1. The summed E-state index contributed by atoms with van der Waals surface area (Å²) in [6.07, 6.45) is 8.58. The van der Waals surface area contributed by atoms with Crippen molar-refractivity contribution in [3.05, 3.63) is 0 Å². The first kappa shape index (κ1) is 11.7. The monoisotopic (exact) mass is 224 g/mol. The fourth-order valence-corrected chi connectivity index (χ4v) is 2.72. The van der Waals surface area contributed by atoms with Crippen molar-refractivity contribution >= 4 is 6.03 Å². The third-order valence-corrected chi connectivity index (χ3v) is 4.00. The zero-order valence-corrected chi connectivity index (χ0v) is 10.4. The van der Waals surface area contributed by atoms with E-state index in [-0.39, 0.29) is 6.03 Å². The number of urea groups is 1. The standard InChI is InChI=1S/C13H24N2O/c1-11-7-9-15(10-8-11)13(16)14-12-5-3-2-4-6-12/h11-12H,2-10H2,1H3,(H,14,16). The Morgan fingerprint density at radius 3 is 2.31 bits per heavy atom. The van der Waals surface area contributed by atoms with Gasteiger partial charge in [0.05, 0.1) is 0 Å². The summed E-state index contributed by atoms with van der Waals surface area (Å²) < 4.78 is 0. The predicted molar refractivity (Wildman–Crippen MR) is 65.4 cm³/mol. The van der Waals surface area contributed by atoms with Crippen LogP contribution in [-0.2, 0) is 0 Å². The first-order chi connectivity index (χ1) is 7.75. The number of nitrogens with zero attached hydrogens (tertiary/aromatic N) is 1. The minimum atomic E-state index is 0.179. The molecule has 0 radical (unpaired) electrons. The van der Waals surface area contributed by atoms with Crippen LogP contribution in [0, 0.1) is 5.92 Å². The first-order valence-corrected chi connectivity index (χ1v) is 6.81. The van der Waals surface area contributed by atoms with E-state index in [0.29, 0.717) is 6.04 Å². The highest BCUT2D eigenvalue weighted by Crippen LogP contribution is 2.19.